The highest BCUT2D eigenvalue weighted by Crippen LogP contribution is 2.26. The van der Waals surface area contributed by atoms with Gasteiger partial charge < -0.3 is 20.1 Å². The number of aromatic nitrogens is 3. The van der Waals surface area contributed by atoms with E-state index in [1.54, 1.807) is 13.0 Å². The maximum Gasteiger partial charge on any atom is 0.253 e. The number of thioether (sulfide) groups is 1. The van der Waals surface area contributed by atoms with Gasteiger partial charge in [0, 0.05) is 29.2 Å². The maximum atomic E-state index is 12.5. The number of fused-ring (bicyclic) bond motifs is 1. The lowest BCUT2D eigenvalue weighted by Gasteiger charge is -2.13. The van der Waals surface area contributed by atoms with Gasteiger partial charge in [0.2, 0.25) is 0 Å². The second kappa shape index (κ2) is 11.4. The number of phenols is 2. The fraction of sp³-hybridized carbons (Fsp3) is 0.154. The number of amides is 1. The number of rotatable bonds is 10. The van der Waals surface area contributed by atoms with Gasteiger partial charge in [-0.05, 0) is 30.5 Å². The first-order valence-corrected chi connectivity index (χ1v) is 12.1. The normalized spacial score (nSPS) is 12.0. The van der Waals surface area contributed by atoms with Gasteiger partial charge in [0.25, 0.3) is 5.91 Å². The van der Waals surface area contributed by atoms with Gasteiger partial charge in [-0.2, -0.15) is 5.10 Å². The number of hydrazone groups is 1. The smallest absolute Gasteiger partial charge is 0.253 e. The average Bonchev–Trinajstić information content (AvgIpc) is 3.25. The molecule has 0 saturated carbocycles. The van der Waals surface area contributed by atoms with E-state index >= 15 is 0 Å². The average molecular weight is 503 g/mol. The number of hydrogen-bond donors (Lipinski definition) is 4. The van der Waals surface area contributed by atoms with E-state index in [1.807, 2.05) is 28.8 Å². The molecule has 4 rings (SSSR count). The number of hydrogen-bond acceptors (Lipinski definition) is 8. The third-order valence-electron chi connectivity index (χ3n) is 5.38. The van der Waals surface area contributed by atoms with Crippen molar-refractivity contribution in [3.05, 3.63) is 84.7 Å². The van der Waals surface area contributed by atoms with Gasteiger partial charge in [-0.3, -0.25) is 4.79 Å². The summed E-state index contributed by atoms with van der Waals surface area (Å²) in [5.74, 6) is 0.184. The Labute approximate surface area is 212 Å². The lowest BCUT2D eigenvalue weighted by atomic mass is 10.1. The quantitative estimate of drug-likeness (QED) is 0.110. The fourth-order valence-corrected chi connectivity index (χ4v) is 4.38. The number of nitrogens with one attached hydrogen (secondary N) is 2. The molecule has 1 aromatic heterocycles. The Balaban J connectivity index is 1.41. The van der Waals surface area contributed by atoms with Crippen LogP contribution in [-0.2, 0) is 17.9 Å². The van der Waals surface area contributed by atoms with E-state index in [1.165, 1.54) is 36.2 Å². The molecule has 0 spiro atoms. The summed E-state index contributed by atoms with van der Waals surface area (Å²) in [6.45, 7) is 6.53. The van der Waals surface area contributed by atoms with Crippen molar-refractivity contribution in [2.24, 2.45) is 5.10 Å². The van der Waals surface area contributed by atoms with Crippen LogP contribution in [0.25, 0.3) is 10.8 Å². The largest absolute Gasteiger partial charge is 0.508 e. The van der Waals surface area contributed by atoms with E-state index in [0.717, 1.165) is 22.3 Å². The molecule has 1 atom stereocenters. The summed E-state index contributed by atoms with van der Waals surface area (Å²) in [7, 11) is 0. The lowest BCUT2D eigenvalue weighted by molar-refractivity contribution is -0.120. The van der Waals surface area contributed by atoms with Crippen molar-refractivity contribution in [1.29, 1.82) is 0 Å². The van der Waals surface area contributed by atoms with E-state index in [0.29, 0.717) is 23.8 Å². The molecule has 1 heterocycles. The van der Waals surface area contributed by atoms with Crippen LogP contribution in [0.15, 0.2) is 83.6 Å². The van der Waals surface area contributed by atoms with Gasteiger partial charge in [-0.1, -0.05) is 54.2 Å². The van der Waals surface area contributed by atoms with Crippen LogP contribution >= 0.6 is 11.8 Å². The zero-order valence-electron chi connectivity index (χ0n) is 19.6. The van der Waals surface area contributed by atoms with Gasteiger partial charge in [0.05, 0.1) is 18.0 Å². The van der Waals surface area contributed by atoms with Gasteiger partial charge in [-0.15, -0.1) is 16.8 Å². The van der Waals surface area contributed by atoms with Crippen molar-refractivity contribution in [1.82, 2.24) is 20.2 Å². The lowest BCUT2D eigenvalue weighted by Crippen LogP contribution is -2.27. The minimum atomic E-state index is -0.512. The number of aromatic hydroxyl groups is 2. The maximum absolute atomic E-state index is 12.5. The van der Waals surface area contributed by atoms with Crippen LogP contribution in [0.1, 0.15) is 18.3 Å². The molecule has 0 aliphatic rings. The highest BCUT2D eigenvalue weighted by molar-refractivity contribution is 8.00. The summed E-state index contributed by atoms with van der Waals surface area (Å²) in [5.41, 5.74) is 3.83. The zero-order chi connectivity index (χ0) is 25.5. The Hall–Kier alpha value is -4.31. The molecule has 10 heteroatoms. The molecule has 1 unspecified atom stereocenters. The number of carbonyl (C=O) groups excluding carboxylic acids is 1. The number of anilines is 1. The molecule has 4 N–H and O–H groups in total. The molecular formula is C26H26N6O3S. The first-order valence-electron chi connectivity index (χ1n) is 11.2. The molecule has 0 radical (unpaired) electrons. The third kappa shape index (κ3) is 5.84. The summed E-state index contributed by atoms with van der Waals surface area (Å²) >= 11 is 1.26. The standard InChI is InChI=1S/C26H26N6O3S/c1-3-13-32-24(16-27-22-10-6-8-18-7-4-5-9-21(18)22)29-31-26(32)36-17(2)25(35)30-28-15-19-11-12-20(33)14-23(19)34/h3-12,14-15,17,27,33-34H,1,13,16H2,2H3,(H,30,35)/b28-15+. The molecule has 0 saturated heterocycles. The molecular weight excluding hydrogens is 476 g/mol. The first-order chi connectivity index (χ1) is 17.5. The predicted octanol–water partition coefficient (Wildman–Crippen LogP) is 4.27. The molecule has 0 aliphatic carbocycles. The van der Waals surface area contributed by atoms with E-state index in [-0.39, 0.29) is 17.4 Å². The van der Waals surface area contributed by atoms with Crippen LogP contribution in [0.4, 0.5) is 5.69 Å². The van der Waals surface area contributed by atoms with Crippen molar-refractivity contribution in [3.63, 3.8) is 0 Å². The Morgan fingerprint density at radius 1 is 1.17 bits per heavy atom. The summed E-state index contributed by atoms with van der Waals surface area (Å²) in [6, 6.07) is 18.4. The first kappa shape index (κ1) is 24.8. The molecule has 1 amide bonds. The van der Waals surface area contributed by atoms with Crippen LogP contribution in [0.2, 0.25) is 0 Å². The predicted molar refractivity (Wildman–Crippen MR) is 142 cm³/mol. The van der Waals surface area contributed by atoms with Crippen LogP contribution in [0, 0.1) is 0 Å². The minimum Gasteiger partial charge on any atom is -0.508 e. The van der Waals surface area contributed by atoms with Crippen LogP contribution in [-0.4, -0.2) is 42.3 Å². The van der Waals surface area contributed by atoms with E-state index in [2.05, 4.69) is 50.8 Å². The molecule has 36 heavy (non-hydrogen) atoms. The monoisotopic (exact) mass is 502 g/mol. The summed E-state index contributed by atoms with van der Waals surface area (Å²) in [4.78, 5) is 12.5. The molecule has 3 aromatic carbocycles. The molecule has 9 nitrogen and oxygen atoms in total. The SMILES string of the molecule is C=CCn1c(CNc2cccc3ccccc23)nnc1SC(C)C(=O)N/N=C/c1ccc(O)cc1O. The zero-order valence-corrected chi connectivity index (χ0v) is 20.4. The van der Waals surface area contributed by atoms with Crippen molar-refractivity contribution in [2.75, 3.05) is 5.32 Å². The van der Waals surface area contributed by atoms with Gasteiger partial charge >= 0.3 is 0 Å². The Kier molecular flexibility index (Phi) is 7.86. The molecule has 4 aromatic rings. The van der Waals surface area contributed by atoms with Crippen molar-refractivity contribution in [3.8, 4) is 11.5 Å². The molecule has 184 valence electrons. The Morgan fingerprint density at radius 2 is 1.97 bits per heavy atom. The molecule has 0 bridgehead atoms. The van der Waals surface area contributed by atoms with Gasteiger partial charge in [-0.25, -0.2) is 5.43 Å². The number of phenolic OH excluding ortho intramolecular Hbond substituents is 2. The van der Waals surface area contributed by atoms with Crippen molar-refractivity contribution in [2.45, 2.75) is 30.4 Å². The highest BCUT2D eigenvalue weighted by atomic mass is 32.2. The topological polar surface area (TPSA) is 125 Å². The number of allylic oxidation sites excluding steroid dienone is 1. The summed E-state index contributed by atoms with van der Waals surface area (Å²) < 4.78 is 1.91. The fourth-order valence-electron chi connectivity index (χ4n) is 3.51. The van der Waals surface area contributed by atoms with E-state index < -0.39 is 5.25 Å². The van der Waals surface area contributed by atoms with Crippen molar-refractivity contribution >= 4 is 40.3 Å². The van der Waals surface area contributed by atoms with Gasteiger partial charge in [0.15, 0.2) is 11.0 Å². The Morgan fingerprint density at radius 3 is 2.78 bits per heavy atom. The minimum absolute atomic E-state index is 0.0611. The highest BCUT2D eigenvalue weighted by Gasteiger charge is 2.20. The Bertz CT molecular complexity index is 1410. The second-order valence-electron chi connectivity index (χ2n) is 7.92. The van der Waals surface area contributed by atoms with E-state index in [4.69, 9.17) is 0 Å². The van der Waals surface area contributed by atoms with E-state index in [9.17, 15) is 15.0 Å². The number of nitrogens with zero attached hydrogens (tertiary/aromatic N) is 4. The third-order valence-corrected chi connectivity index (χ3v) is 6.46. The second-order valence-corrected chi connectivity index (χ2v) is 9.22. The van der Waals surface area contributed by atoms with Crippen LogP contribution in [0.3, 0.4) is 0 Å². The van der Waals surface area contributed by atoms with Gasteiger partial charge in [0.1, 0.15) is 11.5 Å². The summed E-state index contributed by atoms with van der Waals surface area (Å²) in [6.07, 6.45) is 3.06. The van der Waals surface area contributed by atoms with Crippen LogP contribution in [0.5, 0.6) is 11.5 Å². The number of benzene rings is 3. The number of carbonyl (C=O) groups is 1. The summed E-state index contributed by atoms with van der Waals surface area (Å²) in [5, 5.41) is 37.5. The van der Waals surface area contributed by atoms with Crippen LogP contribution < -0.4 is 10.7 Å². The molecule has 0 aliphatic heterocycles. The molecule has 0 fully saturated rings. The van der Waals surface area contributed by atoms with Crippen molar-refractivity contribution < 1.29 is 15.0 Å².